The lowest BCUT2D eigenvalue weighted by atomic mass is 10.2. The summed E-state index contributed by atoms with van der Waals surface area (Å²) in [5.41, 5.74) is 6.88. The maximum absolute atomic E-state index is 11.7. The van der Waals surface area contributed by atoms with Crippen LogP contribution in [0.15, 0.2) is 30.5 Å². The van der Waals surface area contributed by atoms with Crippen LogP contribution >= 0.6 is 0 Å². The van der Waals surface area contributed by atoms with Gasteiger partial charge in [0, 0.05) is 6.54 Å². The SMILES string of the molecule is COc1ccc(CNC(=O)c2cn[nH]c2N)cc1. The quantitative estimate of drug-likeness (QED) is 0.748. The maximum atomic E-state index is 11.7. The smallest absolute Gasteiger partial charge is 0.256 e. The van der Waals surface area contributed by atoms with E-state index in [1.165, 1.54) is 6.20 Å². The minimum Gasteiger partial charge on any atom is -0.497 e. The van der Waals surface area contributed by atoms with Crippen LogP contribution in [0.1, 0.15) is 15.9 Å². The first-order valence-corrected chi connectivity index (χ1v) is 5.40. The predicted octanol–water partition coefficient (Wildman–Crippen LogP) is 0.930. The van der Waals surface area contributed by atoms with Crippen molar-refractivity contribution in [1.29, 1.82) is 0 Å². The number of nitrogen functional groups attached to an aromatic ring is 1. The Balaban J connectivity index is 1.95. The number of carbonyl (C=O) groups is 1. The average molecular weight is 246 g/mol. The molecular formula is C12H14N4O2. The van der Waals surface area contributed by atoms with Gasteiger partial charge in [-0.2, -0.15) is 5.10 Å². The maximum Gasteiger partial charge on any atom is 0.256 e. The number of aromatic nitrogens is 2. The molecule has 1 heterocycles. The summed E-state index contributed by atoms with van der Waals surface area (Å²) in [6.07, 6.45) is 1.40. The van der Waals surface area contributed by atoms with Gasteiger partial charge in [-0.25, -0.2) is 0 Å². The first-order chi connectivity index (χ1) is 8.70. The zero-order valence-corrected chi connectivity index (χ0v) is 9.93. The number of rotatable bonds is 4. The Morgan fingerprint density at radius 3 is 2.72 bits per heavy atom. The Kier molecular flexibility index (Phi) is 3.47. The van der Waals surface area contributed by atoms with Crippen molar-refractivity contribution < 1.29 is 9.53 Å². The highest BCUT2D eigenvalue weighted by Gasteiger charge is 2.10. The molecule has 0 atom stereocenters. The first-order valence-electron chi connectivity index (χ1n) is 5.40. The van der Waals surface area contributed by atoms with Gasteiger partial charge in [0.2, 0.25) is 0 Å². The van der Waals surface area contributed by atoms with Gasteiger partial charge < -0.3 is 15.8 Å². The molecule has 1 amide bonds. The number of nitrogens with one attached hydrogen (secondary N) is 2. The van der Waals surface area contributed by atoms with E-state index in [0.717, 1.165) is 11.3 Å². The molecule has 4 N–H and O–H groups in total. The summed E-state index contributed by atoms with van der Waals surface area (Å²) >= 11 is 0. The van der Waals surface area contributed by atoms with Crippen molar-refractivity contribution in [2.45, 2.75) is 6.54 Å². The Labute approximate surface area is 104 Å². The van der Waals surface area contributed by atoms with Crippen LogP contribution in [0.25, 0.3) is 0 Å². The fourth-order valence-corrected chi connectivity index (χ4v) is 1.50. The average Bonchev–Trinajstić information content (AvgIpc) is 2.83. The van der Waals surface area contributed by atoms with Gasteiger partial charge in [0.05, 0.1) is 13.3 Å². The van der Waals surface area contributed by atoms with E-state index >= 15 is 0 Å². The lowest BCUT2D eigenvalue weighted by molar-refractivity contribution is 0.0952. The van der Waals surface area contributed by atoms with Gasteiger partial charge in [-0.3, -0.25) is 9.89 Å². The van der Waals surface area contributed by atoms with Crippen LogP contribution in [0.2, 0.25) is 0 Å². The van der Waals surface area contributed by atoms with E-state index in [0.29, 0.717) is 12.1 Å². The molecule has 94 valence electrons. The third-order valence-corrected chi connectivity index (χ3v) is 2.53. The number of methoxy groups -OCH3 is 1. The minimum atomic E-state index is -0.253. The fourth-order valence-electron chi connectivity index (χ4n) is 1.50. The molecule has 0 aliphatic carbocycles. The van der Waals surface area contributed by atoms with E-state index in [1.54, 1.807) is 7.11 Å². The normalized spacial score (nSPS) is 10.1. The van der Waals surface area contributed by atoms with Crippen LogP contribution in [0.4, 0.5) is 5.82 Å². The highest BCUT2D eigenvalue weighted by Crippen LogP contribution is 2.11. The summed E-state index contributed by atoms with van der Waals surface area (Å²) in [5.74, 6) is 0.795. The van der Waals surface area contributed by atoms with Crippen molar-refractivity contribution in [3.63, 3.8) is 0 Å². The minimum absolute atomic E-state index is 0.253. The summed E-state index contributed by atoms with van der Waals surface area (Å²) in [6, 6.07) is 7.46. The Bertz CT molecular complexity index is 533. The molecule has 0 saturated carbocycles. The second-order valence-electron chi connectivity index (χ2n) is 3.73. The zero-order valence-electron chi connectivity index (χ0n) is 9.93. The number of nitrogens with two attached hydrogens (primary N) is 1. The zero-order chi connectivity index (χ0) is 13.0. The second kappa shape index (κ2) is 5.22. The van der Waals surface area contributed by atoms with E-state index in [2.05, 4.69) is 15.5 Å². The van der Waals surface area contributed by atoms with E-state index in [-0.39, 0.29) is 11.7 Å². The third-order valence-electron chi connectivity index (χ3n) is 2.53. The molecule has 2 aromatic rings. The Morgan fingerprint density at radius 1 is 1.44 bits per heavy atom. The molecule has 1 aromatic carbocycles. The monoisotopic (exact) mass is 246 g/mol. The van der Waals surface area contributed by atoms with Crippen LogP contribution in [-0.2, 0) is 6.54 Å². The van der Waals surface area contributed by atoms with Crippen molar-refractivity contribution in [3.05, 3.63) is 41.6 Å². The lowest BCUT2D eigenvalue weighted by Crippen LogP contribution is -2.23. The Hall–Kier alpha value is -2.50. The van der Waals surface area contributed by atoms with Crippen molar-refractivity contribution in [3.8, 4) is 5.75 Å². The molecule has 0 aliphatic heterocycles. The largest absolute Gasteiger partial charge is 0.497 e. The van der Waals surface area contributed by atoms with E-state index in [4.69, 9.17) is 10.5 Å². The molecular weight excluding hydrogens is 232 g/mol. The van der Waals surface area contributed by atoms with Crippen molar-refractivity contribution >= 4 is 11.7 Å². The van der Waals surface area contributed by atoms with Crippen LogP contribution < -0.4 is 15.8 Å². The summed E-state index contributed by atoms with van der Waals surface area (Å²) in [5, 5.41) is 8.97. The predicted molar refractivity (Wildman–Crippen MR) is 67.2 cm³/mol. The molecule has 0 saturated heterocycles. The van der Waals surface area contributed by atoms with Gasteiger partial charge in [0.15, 0.2) is 0 Å². The highest BCUT2D eigenvalue weighted by molar-refractivity contribution is 5.97. The number of hydrogen-bond donors (Lipinski definition) is 3. The van der Waals surface area contributed by atoms with Gasteiger partial charge in [-0.05, 0) is 17.7 Å². The summed E-state index contributed by atoms with van der Waals surface area (Å²) in [6.45, 7) is 0.424. The van der Waals surface area contributed by atoms with E-state index in [9.17, 15) is 4.79 Å². The molecule has 0 aliphatic rings. The standard InChI is InChI=1S/C12H14N4O2/c1-18-9-4-2-8(3-5-9)6-14-12(17)10-7-15-16-11(10)13/h2-5,7H,6H2,1H3,(H,14,17)(H3,13,15,16). The van der Waals surface area contributed by atoms with Crippen molar-refractivity contribution in [2.75, 3.05) is 12.8 Å². The number of H-pyrrole nitrogens is 1. The number of hydrogen-bond acceptors (Lipinski definition) is 4. The summed E-state index contributed by atoms with van der Waals surface area (Å²) in [7, 11) is 1.61. The van der Waals surface area contributed by atoms with Crippen LogP contribution in [0.3, 0.4) is 0 Å². The summed E-state index contributed by atoms with van der Waals surface area (Å²) in [4.78, 5) is 11.7. The topological polar surface area (TPSA) is 93.0 Å². The van der Waals surface area contributed by atoms with E-state index < -0.39 is 0 Å². The van der Waals surface area contributed by atoms with Gasteiger partial charge in [0.1, 0.15) is 17.1 Å². The molecule has 0 bridgehead atoms. The molecule has 0 radical (unpaired) electrons. The second-order valence-corrected chi connectivity index (χ2v) is 3.73. The Morgan fingerprint density at radius 2 is 2.17 bits per heavy atom. The van der Waals surface area contributed by atoms with Gasteiger partial charge >= 0.3 is 0 Å². The molecule has 0 unspecified atom stereocenters. The lowest BCUT2D eigenvalue weighted by Gasteiger charge is -2.05. The number of benzene rings is 1. The number of ether oxygens (including phenoxy) is 1. The number of nitrogens with zero attached hydrogens (tertiary/aromatic N) is 1. The molecule has 0 fully saturated rings. The molecule has 0 spiro atoms. The molecule has 6 nitrogen and oxygen atoms in total. The molecule has 2 rings (SSSR count). The molecule has 18 heavy (non-hydrogen) atoms. The van der Waals surface area contributed by atoms with Crippen molar-refractivity contribution in [1.82, 2.24) is 15.5 Å². The number of carbonyl (C=O) groups excluding carboxylic acids is 1. The van der Waals surface area contributed by atoms with Crippen LogP contribution in [0.5, 0.6) is 5.75 Å². The number of aromatic amines is 1. The van der Waals surface area contributed by atoms with Gasteiger partial charge in [-0.1, -0.05) is 12.1 Å². The van der Waals surface area contributed by atoms with Crippen molar-refractivity contribution in [2.24, 2.45) is 0 Å². The van der Waals surface area contributed by atoms with E-state index in [1.807, 2.05) is 24.3 Å². The fraction of sp³-hybridized carbons (Fsp3) is 0.167. The molecule has 6 heteroatoms. The summed E-state index contributed by atoms with van der Waals surface area (Å²) < 4.78 is 5.05. The van der Waals surface area contributed by atoms with Crippen LogP contribution in [-0.4, -0.2) is 23.2 Å². The number of anilines is 1. The van der Waals surface area contributed by atoms with Crippen LogP contribution in [0, 0.1) is 0 Å². The van der Waals surface area contributed by atoms with Gasteiger partial charge in [-0.15, -0.1) is 0 Å². The highest BCUT2D eigenvalue weighted by atomic mass is 16.5. The first kappa shape index (κ1) is 12.0. The number of amides is 1. The molecule has 1 aromatic heterocycles. The third kappa shape index (κ3) is 2.60. The van der Waals surface area contributed by atoms with Gasteiger partial charge in [0.25, 0.3) is 5.91 Å².